The van der Waals surface area contributed by atoms with E-state index in [1.54, 1.807) is 0 Å². The lowest BCUT2D eigenvalue weighted by Gasteiger charge is -2.30. The van der Waals surface area contributed by atoms with E-state index in [4.69, 9.17) is 5.84 Å². The highest BCUT2D eigenvalue weighted by Gasteiger charge is 2.36. The molecule has 0 aromatic heterocycles. The first-order chi connectivity index (χ1) is 7.23. The number of rotatable bonds is 1. The van der Waals surface area contributed by atoms with Gasteiger partial charge in [0.1, 0.15) is 5.84 Å². The normalized spacial score (nSPS) is 23.2. The number of alkyl halides is 2. The molecule has 0 aromatic rings. The fourth-order valence-corrected chi connectivity index (χ4v) is 1.92. The van der Waals surface area contributed by atoms with E-state index >= 15 is 0 Å². The second-order valence-electron chi connectivity index (χ2n) is 5.44. The largest absolute Gasteiger partial charge is 0.312 e. The molecule has 5 heteroatoms. The Labute approximate surface area is 95.5 Å². The van der Waals surface area contributed by atoms with Gasteiger partial charge in [0.05, 0.1) is 5.54 Å². The maximum Gasteiger partial charge on any atom is 0.248 e. The number of nitrogens with two attached hydrogens (primary N) is 1. The van der Waals surface area contributed by atoms with E-state index in [0.29, 0.717) is 18.7 Å². The lowest BCUT2D eigenvalue weighted by atomic mass is 9.86. The summed E-state index contributed by atoms with van der Waals surface area (Å²) in [4.78, 5) is 4.43. The topological polar surface area (TPSA) is 50.4 Å². The van der Waals surface area contributed by atoms with Crippen molar-refractivity contribution in [2.24, 2.45) is 16.8 Å². The third-order valence-electron chi connectivity index (χ3n) is 2.71. The van der Waals surface area contributed by atoms with Crippen LogP contribution >= 0.6 is 0 Å². The molecule has 3 N–H and O–H groups in total. The Kier molecular flexibility index (Phi) is 3.88. The molecule has 0 aromatic carbocycles. The van der Waals surface area contributed by atoms with Gasteiger partial charge in [-0.25, -0.2) is 14.6 Å². The smallest absolute Gasteiger partial charge is 0.248 e. The van der Waals surface area contributed by atoms with Crippen LogP contribution < -0.4 is 11.3 Å². The molecule has 0 amide bonds. The predicted molar refractivity (Wildman–Crippen MR) is 61.4 cm³/mol. The van der Waals surface area contributed by atoms with Crippen LogP contribution in [0.2, 0.25) is 0 Å². The van der Waals surface area contributed by atoms with Gasteiger partial charge >= 0.3 is 0 Å². The van der Waals surface area contributed by atoms with Crippen LogP contribution in [0, 0.1) is 5.92 Å². The number of nitrogens with one attached hydrogen (secondary N) is 1. The van der Waals surface area contributed by atoms with Crippen molar-refractivity contribution in [3.63, 3.8) is 0 Å². The number of halogens is 2. The molecule has 0 heterocycles. The number of nitrogens with zero attached hydrogens (tertiary/aromatic N) is 1. The van der Waals surface area contributed by atoms with Crippen LogP contribution in [0.4, 0.5) is 8.78 Å². The maximum absolute atomic E-state index is 13.0. The number of aliphatic imine (C=N–C) groups is 1. The first-order valence-electron chi connectivity index (χ1n) is 5.68. The van der Waals surface area contributed by atoms with E-state index in [1.807, 2.05) is 20.8 Å². The molecule has 1 saturated carbocycles. The Balaban J connectivity index is 2.67. The van der Waals surface area contributed by atoms with Gasteiger partial charge in [-0.15, -0.1) is 0 Å². The summed E-state index contributed by atoms with van der Waals surface area (Å²) in [5, 5.41) is 0. The molecular formula is C11H21F2N3. The van der Waals surface area contributed by atoms with E-state index in [-0.39, 0.29) is 24.3 Å². The van der Waals surface area contributed by atoms with Crippen molar-refractivity contribution in [3.8, 4) is 0 Å². The summed E-state index contributed by atoms with van der Waals surface area (Å²) in [6.45, 7) is 5.88. The van der Waals surface area contributed by atoms with Crippen LogP contribution in [-0.2, 0) is 0 Å². The molecule has 94 valence electrons. The van der Waals surface area contributed by atoms with Gasteiger partial charge in [0, 0.05) is 18.8 Å². The van der Waals surface area contributed by atoms with Crippen LogP contribution in [0.3, 0.4) is 0 Å². The van der Waals surface area contributed by atoms with E-state index in [1.165, 1.54) is 0 Å². The van der Waals surface area contributed by atoms with E-state index in [9.17, 15) is 8.78 Å². The number of hydrogen-bond acceptors (Lipinski definition) is 2. The fourth-order valence-electron chi connectivity index (χ4n) is 1.92. The Morgan fingerprint density at radius 2 is 1.81 bits per heavy atom. The standard InChI is InChI=1S/C11H21F2N3/c1-10(2,3)15-9(16-14)8-4-6-11(12,13)7-5-8/h8H,4-7,14H2,1-3H3,(H,15,16). The molecular weight excluding hydrogens is 212 g/mol. The lowest BCUT2D eigenvalue weighted by Crippen LogP contribution is -2.41. The molecule has 0 aliphatic heterocycles. The Bertz CT molecular complexity index is 259. The highest BCUT2D eigenvalue weighted by atomic mass is 19.3. The van der Waals surface area contributed by atoms with Crippen LogP contribution in [-0.4, -0.2) is 17.3 Å². The summed E-state index contributed by atoms with van der Waals surface area (Å²) < 4.78 is 26.0. The molecule has 0 atom stereocenters. The van der Waals surface area contributed by atoms with Crippen LogP contribution in [0.15, 0.2) is 4.99 Å². The summed E-state index contributed by atoms with van der Waals surface area (Å²) in [5.41, 5.74) is 2.33. The molecule has 1 rings (SSSR count). The van der Waals surface area contributed by atoms with Gasteiger partial charge in [-0.2, -0.15) is 0 Å². The van der Waals surface area contributed by atoms with Crippen LogP contribution in [0.5, 0.6) is 0 Å². The molecule has 0 unspecified atom stereocenters. The minimum atomic E-state index is -2.50. The lowest BCUT2D eigenvalue weighted by molar-refractivity contribution is -0.0396. The monoisotopic (exact) mass is 233 g/mol. The summed E-state index contributed by atoms with van der Waals surface area (Å²) in [5.74, 6) is 3.61. The van der Waals surface area contributed by atoms with Crippen molar-refractivity contribution in [1.82, 2.24) is 5.43 Å². The van der Waals surface area contributed by atoms with Gasteiger partial charge in [0.25, 0.3) is 0 Å². The quantitative estimate of drug-likeness (QED) is 0.316. The van der Waals surface area contributed by atoms with Gasteiger partial charge < -0.3 is 5.43 Å². The maximum atomic E-state index is 13.0. The first kappa shape index (κ1) is 13.4. The summed E-state index contributed by atoms with van der Waals surface area (Å²) in [6, 6.07) is 0. The van der Waals surface area contributed by atoms with Gasteiger partial charge in [-0.1, -0.05) is 0 Å². The number of hydrogen-bond donors (Lipinski definition) is 2. The van der Waals surface area contributed by atoms with Crippen molar-refractivity contribution >= 4 is 5.84 Å². The Hall–Kier alpha value is -0.710. The third kappa shape index (κ3) is 4.04. The molecule has 16 heavy (non-hydrogen) atoms. The Morgan fingerprint density at radius 1 is 1.31 bits per heavy atom. The van der Waals surface area contributed by atoms with Gasteiger partial charge in [0.15, 0.2) is 0 Å². The highest BCUT2D eigenvalue weighted by molar-refractivity contribution is 5.84. The van der Waals surface area contributed by atoms with Crippen molar-refractivity contribution in [2.45, 2.75) is 57.9 Å². The number of hydrazine groups is 1. The Morgan fingerprint density at radius 3 is 2.19 bits per heavy atom. The van der Waals surface area contributed by atoms with Crippen molar-refractivity contribution in [3.05, 3.63) is 0 Å². The molecule has 0 saturated heterocycles. The highest BCUT2D eigenvalue weighted by Crippen LogP contribution is 2.36. The van der Waals surface area contributed by atoms with Crippen LogP contribution in [0.1, 0.15) is 46.5 Å². The summed E-state index contributed by atoms with van der Waals surface area (Å²) in [6.07, 6.45) is 0.767. The van der Waals surface area contributed by atoms with E-state index in [0.717, 1.165) is 0 Å². The molecule has 0 radical (unpaired) electrons. The molecule has 1 aliphatic rings. The van der Waals surface area contributed by atoms with Gasteiger partial charge in [-0.3, -0.25) is 4.99 Å². The molecule has 1 fully saturated rings. The van der Waals surface area contributed by atoms with Gasteiger partial charge in [-0.05, 0) is 33.6 Å². The minimum absolute atomic E-state index is 0.0452. The van der Waals surface area contributed by atoms with Crippen LogP contribution in [0.25, 0.3) is 0 Å². The first-order valence-corrected chi connectivity index (χ1v) is 5.68. The van der Waals surface area contributed by atoms with Crippen molar-refractivity contribution < 1.29 is 8.78 Å². The summed E-state index contributed by atoms with van der Waals surface area (Å²) >= 11 is 0. The minimum Gasteiger partial charge on any atom is -0.312 e. The molecule has 1 aliphatic carbocycles. The SMILES string of the molecule is CC(C)(C)N=C(NN)C1CCC(F)(F)CC1. The zero-order valence-electron chi connectivity index (χ0n) is 10.2. The predicted octanol–water partition coefficient (Wildman–Crippen LogP) is 2.47. The second kappa shape index (κ2) is 4.65. The van der Waals surface area contributed by atoms with E-state index in [2.05, 4.69) is 10.4 Å². The van der Waals surface area contributed by atoms with Crippen molar-refractivity contribution in [1.29, 1.82) is 0 Å². The molecule has 3 nitrogen and oxygen atoms in total. The molecule has 0 bridgehead atoms. The van der Waals surface area contributed by atoms with Gasteiger partial charge in [0.2, 0.25) is 5.92 Å². The fraction of sp³-hybridized carbons (Fsp3) is 0.909. The molecule has 0 spiro atoms. The van der Waals surface area contributed by atoms with E-state index < -0.39 is 5.92 Å². The number of amidine groups is 1. The summed E-state index contributed by atoms with van der Waals surface area (Å²) in [7, 11) is 0. The average Bonchev–Trinajstić information content (AvgIpc) is 2.13. The second-order valence-corrected chi connectivity index (χ2v) is 5.44. The zero-order chi connectivity index (χ0) is 12.4. The zero-order valence-corrected chi connectivity index (χ0v) is 10.2. The van der Waals surface area contributed by atoms with Crippen molar-refractivity contribution in [2.75, 3.05) is 0 Å². The average molecular weight is 233 g/mol. The third-order valence-corrected chi connectivity index (χ3v) is 2.71.